The fourth-order valence-electron chi connectivity index (χ4n) is 3.31. The number of aromatic nitrogens is 1. The van der Waals surface area contributed by atoms with E-state index >= 15 is 0 Å². The summed E-state index contributed by atoms with van der Waals surface area (Å²) in [5.41, 5.74) is 5.14. The molecule has 25 heavy (non-hydrogen) atoms. The Kier molecular flexibility index (Phi) is 3.33. The van der Waals surface area contributed by atoms with E-state index in [1.165, 1.54) is 6.07 Å². The van der Waals surface area contributed by atoms with Crippen LogP contribution in [0.25, 0.3) is 38.0 Å². The summed E-state index contributed by atoms with van der Waals surface area (Å²) in [7, 11) is 1.99. The number of aryl methyl sites for hydroxylation is 3. The molecule has 0 amide bonds. The molecule has 0 aliphatic heterocycles. The molecule has 0 fully saturated rings. The number of furan rings is 1. The van der Waals surface area contributed by atoms with E-state index in [4.69, 9.17) is 11.0 Å². The molecule has 2 aromatic heterocycles. The van der Waals surface area contributed by atoms with Crippen molar-refractivity contribution >= 4 is 27.6 Å². The number of benzene rings is 2. The molecule has 2 heterocycles. The Hall–Kier alpha value is -3.19. The predicted octanol–water partition coefficient (Wildman–Crippen LogP) is 5.38. The SMILES string of the molecule is [C-]#[N+]c1c(F)ccc2c1oc1c(-c3cc(C)cc[n+]3C)c(C)ccc12. The van der Waals surface area contributed by atoms with E-state index < -0.39 is 5.82 Å². The molecule has 0 radical (unpaired) electrons. The average molecular weight is 331 g/mol. The third-order valence-electron chi connectivity index (χ3n) is 4.62. The van der Waals surface area contributed by atoms with Crippen LogP contribution in [0, 0.1) is 26.2 Å². The maximum atomic E-state index is 14.0. The largest absolute Gasteiger partial charge is 0.466 e. The van der Waals surface area contributed by atoms with Crippen molar-refractivity contribution in [2.24, 2.45) is 7.05 Å². The van der Waals surface area contributed by atoms with Gasteiger partial charge in [0.2, 0.25) is 5.69 Å². The van der Waals surface area contributed by atoms with Crippen molar-refractivity contribution < 1.29 is 13.4 Å². The molecule has 3 nitrogen and oxygen atoms in total. The molecule has 0 spiro atoms. The molecule has 0 saturated carbocycles. The molecule has 0 aliphatic rings. The Balaban J connectivity index is 2.19. The zero-order valence-corrected chi connectivity index (χ0v) is 14.2. The van der Waals surface area contributed by atoms with E-state index in [0.29, 0.717) is 11.2 Å². The third kappa shape index (κ3) is 2.20. The number of halogens is 1. The molecule has 4 aromatic rings. The van der Waals surface area contributed by atoms with Crippen LogP contribution in [-0.4, -0.2) is 0 Å². The van der Waals surface area contributed by atoms with Crippen molar-refractivity contribution in [3.8, 4) is 11.3 Å². The van der Waals surface area contributed by atoms with Crippen LogP contribution in [0.2, 0.25) is 0 Å². The van der Waals surface area contributed by atoms with Gasteiger partial charge < -0.3 is 4.42 Å². The molecular weight excluding hydrogens is 315 g/mol. The second-order valence-corrected chi connectivity index (χ2v) is 6.32. The summed E-state index contributed by atoms with van der Waals surface area (Å²) >= 11 is 0. The summed E-state index contributed by atoms with van der Waals surface area (Å²) in [5.74, 6) is -0.555. The van der Waals surface area contributed by atoms with Gasteiger partial charge in [-0.25, -0.2) is 13.8 Å². The van der Waals surface area contributed by atoms with Gasteiger partial charge in [0.05, 0.1) is 12.1 Å². The second-order valence-electron chi connectivity index (χ2n) is 6.32. The van der Waals surface area contributed by atoms with E-state index in [1.54, 1.807) is 6.07 Å². The minimum Gasteiger partial charge on any atom is -0.466 e. The highest BCUT2D eigenvalue weighted by atomic mass is 19.1. The first kappa shape index (κ1) is 15.3. The van der Waals surface area contributed by atoms with Gasteiger partial charge >= 0.3 is 0 Å². The lowest BCUT2D eigenvalue weighted by molar-refractivity contribution is -0.660. The average Bonchev–Trinajstić information content (AvgIpc) is 2.95. The summed E-state index contributed by atoms with van der Waals surface area (Å²) in [4.78, 5) is 3.33. The maximum absolute atomic E-state index is 14.0. The number of rotatable bonds is 1. The Bertz CT molecular complexity index is 1200. The summed E-state index contributed by atoms with van der Waals surface area (Å²) in [6.45, 7) is 11.4. The van der Waals surface area contributed by atoms with Gasteiger partial charge in [0.15, 0.2) is 6.20 Å². The van der Waals surface area contributed by atoms with E-state index in [2.05, 4.69) is 10.9 Å². The van der Waals surface area contributed by atoms with Crippen LogP contribution in [0.3, 0.4) is 0 Å². The van der Waals surface area contributed by atoms with Crippen molar-refractivity contribution in [3.63, 3.8) is 0 Å². The van der Waals surface area contributed by atoms with Crippen LogP contribution in [-0.2, 0) is 7.05 Å². The van der Waals surface area contributed by atoms with Gasteiger partial charge in [-0.2, -0.15) is 0 Å². The number of hydrogen-bond acceptors (Lipinski definition) is 1. The fourth-order valence-corrected chi connectivity index (χ4v) is 3.31. The van der Waals surface area contributed by atoms with E-state index in [0.717, 1.165) is 33.2 Å². The lowest BCUT2D eigenvalue weighted by atomic mass is 10.00. The van der Waals surface area contributed by atoms with E-state index in [9.17, 15) is 4.39 Å². The van der Waals surface area contributed by atoms with Crippen LogP contribution in [0.4, 0.5) is 10.1 Å². The normalized spacial score (nSPS) is 11.2. The molecule has 4 heteroatoms. The molecule has 0 aliphatic carbocycles. The topological polar surface area (TPSA) is 21.4 Å². The van der Waals surface area contributed by atoms with Gasteiger partial charge in [0, 0.05) is 22.9 Å². The first-order chi connectivity index (χ1) is 12.0. The third-order valence-corrected chi connectivity index (χ3v) is 4.62. The van der Waals surface area contributed by atoms with Crippen molar-refractivity contribution in [2.45, 2.75) is 13.8 Å². The van der Waals surface area contributed by atoms with Crippen LogP contribution >= 0.6 is 0 Å². The standard InChI is InChI=1S/C21H16FN2O/c1-12-9-10-24(4)17(11-12)18-13(2)5-6-14-15-7-8-16(22)19(23-3)21(15)25-20(14)18/h5-11H,1-2,4H3/q+1. The van der Waals surface area contributed by atoms with Crippen LogP contribution in [0.1, 0.15) is 11.1 Å². The summed E-state index contributed by atoms with van der Waals surface area (Å²) in [6, 6.07) is 11.2. The van der Waals surface area contributed by atoms with Gasteiger partial charge in [0.1, 0.15) is 24.0 Å². The van der Waals surface area contributed by atoms with Gasteiger partial charge in [-0.05, 0) is 31.0 Å². The lowest BCUT2D eigenvalue weighted by Gasteiger charge is -2.06. The van der Waals surface area contributed by atoms with Crippen LogP contribution in [0.15, 0.2) is 47.0 Å². The molecule has 122 valence electrons. The van der Waals surface area contributed by atoms with Crippen LogP contribution in [0.5, 0.6) is 0 Å². The highest BCUT2D eigenvalue weighted by Crippen LogP contribution is 2.41. The smallest absolute Gasteiger partial charge is 0.264 e. The molecule has 0 saturated heterocycles. The predicted molar refractivity (Wildman–Crippen MR) is 96.0 cm³/mol. The van der Waals surface area contributed by atoms with E-state index in [-0.39, 0.29) is 5.69 Å². The summed E-state index contributed by atoms with van der Waals surface area (Å²) in [6.07, 6.45) is 2.01. The summed E-state index contributed by atoms with van der Waals surface area (Å²) < 4.78 is 22.1. The first-order valence-electron chi connectivity index (χ1n) is 7.99. The van der Waals surface area contributed by atoms with Gasteiger partial charge in [-0.3, -0.25) is 0 Å². The number of fused-ring (bicyclic) bond motifs is 3. The number of hydrogen-bond donors (Lipinski definition) is 0. The number of nitrogens with zero attached hydrogens (tertiary/aromatic N) is 2. The Morgan fingerprint density at radius 2 is 1.76 bits per heavy atom. The zero-order valence-electron chi connectivity index (χ0n) is 14.2. The molecule has 4 rings (SSSR count). The molecule has 0 N–H and O–H groups in total. The molecule has 2 aromatic carbocycles. The van der Waals surface area contributed by atoms with Gasteiger partial charge in [0.25, 0.3) is 5.69 Å². The van der Waals surface area contributed by atoms with Crippen molar-refractivity contribution in [1.29, 1.82) is 0 Å². The van der Waals surface area contributed by atoms with Crippen LogP contribution < -0.4 is 4.57 Å². The van der Waals surface area contributed by atoms with Crippen molar-refractivity contribution in [1.82, 2.24) is 0 Å². The quantitative estimate of drug-likeness (QED) is 0.339. The van der Waals surface area contributed by atoms with Gasteiger partial charge in [-0.1, -0.05) is 18.2 Å². The molecule has 0 atom stereocenters. The Labute approximate surface area is 144 Å². The zero-order chi connectivity index (χ0) is 17.7. The Morgan fingerprint density at radius 1 is 1.04 bits per heavy atom. The molecular formula is C21H16FN2O+. The highest BCUT2D eigenvalue weighted by molar-refractivity contribution is 6.12. The van der Waals surface area contributed by atoms with E-state index in [1.807, 2.05) is 49.9 Å². The fraction of sp³-hybridized carbons (Fsp3) is 0.143. The first-order valence-corrected chi connectivity index (χ1v) is 7.99. The van der Waals surface area contributed by atoms with Crippen molar-refractivity contribution in [2.75, 3.05) is 0 Å². The van der Waals surface area contributed by atoms with Crippen molar-refractivity contribution in [3.05, 3.63) is 71.0 Å². The maximum Gasteiger partial charge on any atom is 0.264 e. The minimum absolute atomic E-state index is 0.0640. The lowest BCUT2D eigenvalue weighted by Crippen LogP contribution is -2.30. The molecule has 0 unspecified atom stereocenters. The minimum atomic E-state index is -0.555. The summed E-state index contributed by atoms with van der Waals surface area (Å²) in [5, 5.41) is 1.65. The second kappa shape index (κ2) is 5.42. The van der Waals surface area contributed by atoms with Gasteiger partial charge in [-0.15, -0.1) is 0 Å². The highest BCUT2D eigenvalue weighted by Gasteiger charge is 2.22. The number of pyridine rings is 1. The molecule has 0 bridgehead atoms. The monoisotopic (exact) mass is 331 g/mol. The Morgan fingerprint density at radius 3 is 2.52 bits per heavy atom.